The Hall–Kier alpha value is -2.02. The van der Waals surface area contributed by atoms with E-state index in [4.69, 9.17) is 12.2 Å². The maximum atomic E-state index is 13.7. The minimum absolute atomic E-state index is 0.0605. The highest BCUT2D eigenvalue weighted by molar-refractivity contribution is 7.71. The lowest BCUT2D eigenvalue weighted by atomic mass is 9.87. The van der Waals surface area contributed by atoms with E-state index in [9.17, 15) is 18.7 Å². The fourth-order valence-corrected chi connectivity index (χ4v) is 3.22. The van der Waals surface area contributed by atoms with Crippen LogP contribution >= 0.6 is 12.2 Å². The molecule has 1 aliphatic rings. The summed E-state index contributed by atoms with van der Waals surface area (Å²) in [5.41, 5.74) is 1.14. The highest BCUT2D eigenvalue weighted by Crippen LogP contribution is 2.32. The molecule has 1 heterocycles. The number of aromatic nitrogens is 2. The van der Waals surface area contributed by atoms with Gasteiger partial charge in [0.15, 0.2) is 4.77 Å². The summed E-state index contributed by atoms with van der Waals surface area (Å²) in [6.07, 6.45) is 2.68. The van der Waals surface area contributed by atoms with Crippen molar-refractivity contribution in [2.45, 2.75) is 25.3 Å². The number of rotatable bonds is 2. The first kappa shape index (κ1) is 13.9. The molecule has 1 aromatic heterocycles. The van der Waals surface area contributed by atoms with Gasteiger partial charge < -0.3 is 14.7 Å². The molecule has 110 valence electrons. The number of hydrogen-bond acceptors (Lipinski definition) is 2. The lowest BCUT2D eigenvalue weighted by Crippen LogP contribution is -2.22. The van der Waals surface area contributed by atoms with Crippen LogP contribution in [0.3, 0.4) is 0 Å². The average molecular weight is 310 g/mol. The van der Waals surface area contributed by atoms with E-state index in [-0.39, 0.29) is 11.7 Å². The molecule has 0 amide bonds. The van der Waals surface area contributed by atoms with Gasteiger partial charge in [-0.1, -0.05) is 0 Å². The summed E-state index contributed by atoms with van der Waals surface area (Å²) in [6.45, 7) is 0. The summed E-state index contributed by atoms with van der Waals surface area (Å²) in [5, 5.41) is 9.19. The highest BCUT2D eigenvalue weighted by atomic mass is 32.1. The molecule has 4 nitrogen and oxygen atoms in total. The van der Waals surface area contributed by atoms with E-state index in [1.54, 1.807) is 0 Å². The summed E-state index contributed by atoms with van der Waals surface area (Å²) in [5.74, 6) is -2.25. The first-order chi connectivity index (χ1) is 9.97. The minimum atomic E-state index is -1.08. The number of carboxylic acid groups (broad SMARTS) is 1. The average Bonchev–Trinajstić information content (AvgIpc) is 2.79. The largest absolute Gasteiger partial charge is 0.477 e. The van der Waals surface area contributed by atoms with Crippen LogP contribution in [0.2, 0.25) is 0 Å². The van der Waals surface area contributed by atoms with Crippen molar-refractivity contribution in [2.24, 2.45) is 0 Å². The molecule has 3 rings (SSSR count). The zero-order valence-corrected chi connectivity index (χ0v) is 11.7. The number of aromatic amines is 1. The Labute approximate surface area is 124 Å². The number of imidazole rings is 1. The maximum absolute atomic E-state index is 13.7. The molecule has 1 unspecified atom stereocenters. The number of carboxylic acids is 1. The third-order valence-electron chi connectivity index (χ3n) is 3.83. The van der Waals surface area contributed by atoms with Crippen molar-refractivity contribution in [3.05, 3.63) is 51.6 Å². The van der Waals surface area contributed by atoms with Crippen molar-refractivity contribution >= 4 is 18.2 Å². The van der Waals surface area contributed by atoms with Gasteiger partial charge in [-0.3, -0.25) is 0 Å². The van der Waals surface area contributed by atoms with Gasteiger partial charge in [0.2, 0.25) is 0 Å². The van der Waals surface area contributed by atoms with E-state index in [1.165, 1.54) is 16.8 Å². The predicted octanol–water partition coefficient (Wildman–Crippen LogP) is 3.25. The number of hydrogen-bond donors (Lipinski definition) is 2. The van der Waals surface area contributed by atoms with Gasteiger partial charge in [0.05, 0.1) is 0 Å². The van der Waals surface area contributed by atoms with Gasteiger partial charge in [-0.25, -0.2) is 13.6 Å². The Morgan fingerprint density at radius 2 is 2.19 bits per heavy atom. The van der Waals surface area contributed by atoms with E-state index in [2.05, 4.69) is 4.98 Å². The Kier molecular flexibility index (Phi) is 3.36. The SMILES string of the molecule is O=C(O)c1c[nH]c(=S)n1C1CCc2c(F)cc(F)cc2C1. The van der Waals surface area contributed by atoms with Crippen molar-refractivity contribution in [1.82, 2.24) is 9.55 Å². The van der Waals surface area contributed by atoms with Crippen molar-refractivity contribution in [2.75, 3.05) is 0 Å². The van der Waals surface area contributed by atoms with E-state index in [0.29, 0.717) is 35.2 Å². The maximum Gasteiger partial charge on any atom is 0.354 e. The second-order valence-corrected chi connectivity index (χ2v) is 5.46. The van der Waals surface area contributed by atoms with Gasteiger partial charge in [-0.05, 0) is 48.7 Å². The van der Waals surface area contributed by atoms with Crippen LogP contribution in [0.4, 0.5) is 8.78 Å². The van der Waals surface area contributed by atoms with Crippen LogP contribution in [-0.4, -0.2) is 20.6 Å². The molecule has 1 aromatic carbocycles. The normalized spacial score (nSPS) is 17.5. The zero-order valence-electron chi connectivity index (χ0n) is 10.9. The Balaban J connectivity index is 2.03. The zero-order chi connectivity index (χ0) is 15.1. The van der Waals surface area contributed by atoms with E-state index < -0.39 is 17.6 Å². The molecule has 0 saturated carbocycles. The standard InChI is InChI=1S/C14H12F2N2O2S/c15-8-3-7-4-9(1-2-10(7)11(16)5-8)18-12(13(19)20)6-17-14(18)21/h3,5-6,9H,1-2,4H2,(H,17,21)(H,19,20). The van der Waals surface area contributed by atoms with Crippen molar-refractivity contribution in [1.29, 1.82) is 0 Å². The van der Waals surface area contributed by atoms with E-state index in [0.717, 1.165) is 6.07 Å². The molecule has 0 radical (unpaired) electrons. The Bertz CT molecular complexity index is 782. The third-order valence-corrected chi connectivity index (χ3v) is 4.15. The van der Waals surface area contributed by atoms with Crippen LogP contribution in [0.1, 0.15) is 34.1 Å². The molecule has 21 heavy (non-hydrogen) atoms. The van der Waals surface area contributed by atoms with Gasteiger partial charge in [-0.15, -0.1) is 0 Å². The fraction of sp³-hybridized carbons (Fsp3) is 0.286. The number of nitrogens with one attached hydrogen (secondary N) is 1. The summed E-state index contributed by atoms with van der Waals surface area (Å²) < 4.78 is 28.9. The Morgan fingerprint density at radius 1 is 1.43 bits per heavy atom. The third kappa shape index (κ3) is 2.37. The molecule has 0 saturated heterocycles. The molecule has 0 bridgehead atoms. The fourth-order valence-electron chi connectivity index (χ4n) is 2.91. The smallest absolute Gasteiger partial charge is 0.354 e. The number of aromatic carboxylic acids is 1. The van der Waals surface area contributed by atoms with Crippen molar-refractivity contribution in [3.63, 3.8) is 0 Å². The highest BCUT2D eigenvalue weighted by Gasteiger charge is 2.26. The van der Waals surface area contributed by atoms with Crippen molar-refractivity contribution < 1.29 is 18.7 Å². The summed E-state index contributed by atoms with van der Waals surface area (Å²) >= 11 is 5.12. The molecule has 0 fully saturated rings. The lowest BCUT2D eigenvalue weighted by molar-refractivity contribution is 0.0681. The molecule has 0 aliphatic heterocycles. The second kappa shape index (κ2) is 5.07. The first-order valence-corrected chi connectivity index (χ1v) is 6.88. The number of H-pyrrole nitrogens is 1. The predicted molar refractivity (Wildman–Crippen MR) is 74.0 cm³/mol. The number of carbonyl (C=O) groups is 1. The first-order valence-electron chi connectivity index (χ1n) is 6.47. The van der Waals surface area contributed by atoms with Crippen LogP contribution < -0.4 is 0 Å². The molecular formula is C14H12F2N2O2S. The number of benzene rings is 1. The number of nitrogens with zero attached hydrogens (tertiary/aromatic N) is 1. The summed E-state index contributed by atoms with van der Waals surface area (Å²) in [6, 6.07) is 1.97. The van der Waals surface area contributed by atoms with Crippen LogP contribution in [-0.2, 0) is 12.8 Å². The van der Waals surface area contributed by atoms with Crippen LogP contribution in [0, 0.1) is 16.4 Å². The van der Waals surface area contributed by atoms with Crippen LogP contribution in [0.25, 0.3) is 0 Å². The Morgan fingerprint density at radius 3 is 2.90 bits per heavy atom. The molecular weight excluding hydrogens is 298 g/mol. The molecule has 1 aliphatic carbocycles. The van der Waals surface area contributed by atoms with Gasteiger partial charge in [0.25, 0.3) is 0 Å². The van der Waals surface area contributed by atoms with E-state index >= 15 is 0 Å². The number of fused-ring (bicyclic) bond motifs is 1. The van der Waals surface area contributed by atoms with Gasteiger partial charge in [-0.2, -0.15) is 0 Å². The van der Waals surface area contributed by atoms with Gasteiger partial charge in [0.1, 0.15) is 17.3 Å². The summed E-state index contributed by atoms with van der Waals surface area (Å²) in [7, 11) is 0. The van der Waals surface area contributed by atoms with Crippen molar-refractivity contribution in [3.8, 4) is 0 Å². The van der Waals surface area contributed by atoms with Crippen LogP contribution in [0.5, 0.6) is 0 Å². The van der Waals surface area contributed by atoms with Gasteiger partial charge >= 0.3 is 5.97 Å². The molecule has 7 heteroatoms. The molecule has 2 N–H and O–H groups in total. The van der Waals surface area contributed by atoms with Gasteiger partial charge in [0, 0.05) is 18.3 Å². The monoisotopic (exact) mass is 310 g/mol. The minimum Gasteiger partial charge on any atom is -0.477 e. The quantitative estimate of drug-likeness (QED) is 0.837. The molecule has 1 atom stereocenters. The topological polar surface area (TPSA) is 58.0 Å². The second-order valence-electron chi connectivity index (χ2n) is 5.08. The molecule has 0 spiro atoms. The van der Waals surface area contributed by atoms with Crippen LogP contribution in [0.15, 0.2) is 18.3 Å². The number of halogens is 2. The lowest BCUT2D eigenvalue weighted by Gasteiger charge is -2.26. The van der Waals surface area contributed by atoms with E-state index in [1.807, 2.05) is 0 Å². The summed E-state index contributed by atoms with van der Waals surface area (Å²) in [4.78, 5) is 13.9. The molecule has 2 aromatic rings.